The Kier molecular flexibility index (Phi) is 7.34. The zero-order valence-corrected chi connectivity index (χ0v) is 13.8. The summed E-state index contributed by atoms with van der Waals surface area (Å²) in [5.41, 5.74) is 0. The Balaban J connectivity index is 2.26. The highest BCUT2D eigenvalue weighted by molar-refractivity contribution is 7.91. The molecule has 0 saturated carbocycles. The van der Waals surface area contributed by atoms with Crippen molar-refractivity contribution in [3.05, 3.63) is 0 Å². The minimum atomic E-state index is -2.79. The van der Waals surface area contributed by atoms with Gasteiger partial charge in [0.1, 0.15) is 0 Å². The maximum absolute atomic E-state index is 11.4. The van der Waals surface area contributed by atoms with Gasteiger partial charge in [-0.15, -0.1) is 0 Å². The molecule has 2 unspecified atom stereocenters. The number of hydrogen-bond donors (Lipinski definition) is 2. The predicted molar refractivity (Wildman–Crippen MR) is 84.9 cm³/mol. The summed E-state index contributed by atoms with van der Waals surface area (Å²) in [5, 5.41) is 6.60. The lowest BCUT2D eigenvalue weighted by Crippen LogP contribution is -2.44. The first-order chi connectivity index (χ1) is 9.46. The van der Waals surface area contributed by atoms with Crippen LogP contribution in [-0.4, -0.2) is 45.5 Å². The van der Waals surface area contributed by atoms with E-state index < -0.39 is 9.84 Å². The Morgan fingerprint density at radius 2 is 2.15 bits per heavy atom. The Morgan fingerprint density at radius 1 is 1.40 bits per heavy atom. The van der Waals surface area contributed by atoms with Gasteiger partial charge in [0.25, 0.3) is 0 Å². The highest BCUT2D eigenvalue weighted by atomic mass is 32.2. The SMILES string of the molecule is CCCCCC(C)NC(=NC)NCC1CCS(=O)(=O)C1. The summed E-state index contributed by atoms with van der Waals surface area (Å²) in [7, 11) is -1.04. The first-order valence-corrected chi connectivity index (χ1v) is 9.46. The van der Waals surface area contributed by atoms with Crippen LogP contribution in [0.15, 0.2) is 4.99 Å². The smallest absolute Gasteiger partial charge is 0.191 e. The Morgan fingerprint density at radius 3 is 2.70 bits per heavy atom. The van der Waals surface area contributed by atoms with E-state index in [9.17, 15) is 8.42 Å². The second kappa shape index (κ2) is 8.49. The van der Waals surface area contributed by atoms with Gasteiger partial charge in [-0.3, -0.25) is 4.99 Å². The van der Waals surface area contributed by atoms with E-state index in [0.717, 1.165) is 18.8 Å². The minimum absolute atomic E-state index is 0.217. The van der Waals surface area contributed by atoms with E-state index >= 15 is 0 Å². The van der Waals surface area contributed by atoms with Crippen molar-refractivity contribution in [2.75, 3.05) is 25.1 Å². The number of nitrogens with one attached hydrogen (secondary N) is 2. The van der Waals surface area contributed by atoms with Gasteiger partial charge in [-0.1, -0.05) is 26.2 Å². The fraction of sp³-hybridized carbons (Fsp3) is 0.929. The third-order valence-electron chi connectivity index (χ3n) is 3.73. The molecular formula is C14H29N3O2S. The standard InChI is InChI=1S/C14H29N3O2S/c1-4-5-6-7-12(2)17-14(15-3)16-10-13-8-9-20(18,19)11-13/h12-13H,4-11H2,1-3H3,(H2,15,16,17). The van der Waals surface area contributed by atoms with Crippen LogP contribution in [0.3, 0.4) is 0 Å². The highest BCUT2D eigenvalue weighted by Crippen LogP contribution is 2.17. The van der Waals surface area contributed by atoms with E-state index in [4.69, 9.17) is 0 Å². The lowest BCUT2D eigenvalue weighted by Gasteiger charge is -2.19. The predicted octanol–water partition coefficient (Wildman–Crippen LogP) is 1.55. The first kappa shape index (κ1) is 17.3. The Hall–Kier alpha value is -0.780. The Bertz CT molecular complexity index is 407. The second-order valence-corrected chi connectivity index (χ2v) is 7.99. The largest absolute Gasteiger partial charge is 0.356 e. The molecule has 0 aromatic carbocycles. The molecule has 0 aromatic heterocycles. The van der Waals surface area contributed by atoms with Crippen molar-refractivity contribution in [3.63, 3.8) is 0 Å². The number of unbranched alkanes of at least 4 members (excludes halogenated alkanes) is 2. The molecule has 1 saturated heterocycles. The van der Waals surface area contributed by atoms with Crippen molar-refractivity contribution in [2.45, 2.75) is 52.0 Å². The van der Waals surface area contributed by atoms with Crippen molar-refractivity contribution < 1.29 is 8.42 Å². The van der Waals surface area contributed by atoms with Gasteiger partial charge in [0, 0.05) is 19.6 Å². The molecule has 2 N–H and O–H groups in total. The third kappa shape index (κ3) is 6.59. The van der Waals surface area contributed by atoms with Gasteiger partial charge >= 0.3 is 0 Å². The molecule has 1 heterocycles. The molecule has 118 valence electrons. The van der Waals surface area contributed by atoms with Gasteiger partial charge in [-0.05, 0) is 25.7 Å². The van der Waals surface area contributed by atoms with Gasteiger partial charge in [-0.25, -0.2) is 8.42 Å². The summed E-state index contributed by atoms with van der Waals surface area (Å²) in [5.74, 6) is 1.63. The molecular weight excluding hydrogens is 274 g/mol. The van der Waals surface area contributed by atoms with E-state index in [1.165, 1.54) is 19.3 Å². The molecule has 0 radical (unpaired) electrons. The fourth-order valence-corrected chi connectivity index (χ4v) is 4.34. The van der Waals surface area contributed by atoms with Gasteiger partial charge in [0.05, 0.1) is 11.5 Å². The lowest BCUT2D eigenvalue weighted by molar-refractivity contribution is 0.532. The van der Waals surface area contributed by atoms with Gasteiger partial charge in [0.2, 0.25) is 0 Å². The fourth-order valence-electron chi connectivity index (χ4n) is 2.47. The normalized spacial score (nSPS) is 23.6. The summed E-state index contributed by atoms with van der Waals surface area (Å²) in [4.78, 5) is 4.20. The van der Waals surface area contributed by atoms with E-state index in [0.29, 0.717) is 24.1 Å². The summed E-state index contributed by atoms with van der Waals surface area (Å²) >= 11 is 0. The second-order valence-electron chi connectivity index (χ2n) is 5.76. The highest BCUT2D eigenvalue weighted by Gasteiger charge is 2.27. The van der Waals surface area contributed by atoms with Crippen LogP contribution in [0.2, 0.25) is 0 Å². The third-order valence-corrected chi connectivity index (χ3v) is 5.57. The van der Waals surface area contributed by atoms with Gasteiger partial charge < -0.3 is 10.6 Å². The molecule has 1 aliphatic heterocycles. The lowest BCUT2D eigenvalue weighted by atomic mass is 10.1. The van der Waals surface area contributed by atoms with Crippen LogP contribution >= 0.6 is 0 Å². The molecule has 2 atom stereocenters. The van der Waals surface area contributed by atoms with Crippen LogP contribution in [0.25, 0.3) is 0 Å². The summed E-state index contributed by atoms with van der Waals surface area (Å²) in [6.07, 6.45) is 5.61. The van der Waals surface area contributed by atoms with Crippen molar-refractivity contribution >= 4 is 15.8 Å². The molecule has 0 spiro atoms. The van der Waals surface area contributed by atoms with Crippen LogP contribution in [0, 0.1) is 5.92 Å². The van der Waals surface area contributed by atoms with Gasteiger partial charge in [0.15, 0.2) is 15.8 Å². The van der Waals surface area contributed by atoms with Crippen molar-refractivity contribution in [1.82, 2.24) is 10.6 Å². The molecule has 1 rings (SSSR count). The zero-order chi connectivity index (χ0) is 15.0. The van der Waals surface area contributed by atoms with E-state index in [1.807, 2.05) is 0 Å². The minimum Gasteiger partial charge on any atom is -0.356 e. The van der Waals surface area contributed by atoms with Crippen LogP contribution in [0.5, 0.6) is 0 Å². The molecule has 5 nitrogen and oxygen atoms in total. The number of nitrogens with zero attached hydrogens (tertiary/aromatic N) is 1. The molecule has 0 aliphatic carbocycles. The van der Waals surface area contributed by atoms with Crippen LogP contribution < -0.4 is 10.6 Å². The monoisotopic (exact) mass is 303 g/mol. The van der Waals surface area contributed by atoms with Crippen molar-refractivity contribution in [2.24, 2.45) is 10.9 Å². The maximum Gasteiger partial charge on any atom is 0.191 e. The average Bonchev–Trinajstić information content (AvgIpc) is 2.74. The zero-order valence-electron chi connectivity index (χ0n) is 13.0. The Labute approximate surface area is 123 Å². The summed E-state index contributed by atoms with van der Waals surface area (Å²) < 4.78 is 22.8. The quantitative estimate of drug-likeness (QED) is 0.425. The van der Waals surface area contributed by atoms with Crippen LogP contribution in [0.1, 0.15) is 46.0 Å². The van der Waals surface area contributed by atoms with Crippen molar-refractivity contribution in [3.8, 4) is 0 Å². The molecule has 0 bridgehead atoms. The molecule has 0 amide bonds. The van der Waals surface area contributed by atoms with Crippen LogP contribution in [-0.2, 0) is 9.84 Å². The van der Waals surface area contributed by atoms with Gasteiger partial charge in [-0.2, -0.15) is 0 Å². The summed E-state index contributed by atoms with van der Waals surface area (Å²) in [6, 6.07) is 0.389. The number of rotatable bonds is 7. The van der Waals surface area contributed by atoms with Crippen LogP contribution in [0.4, 0.5) is 0 Å². The number of sulfone groups is 1. The van der Waals surface area contributed by atoms with E-state index in [2.05, 4.69) is 29.5 Å². The first-order valence-electron chi connectivity index (χ1n) is 7.64. The average molecular weight is 303 g/mol. The molecule has 0 aromatic rings. The molecule has 6 heteroatoms. The summed E-state index contributed by atoms with van der Waals surface area (Å²) in [6.45, 7) is 5.04. The molecule has 1 fully saturated rings. The van der Waals surface area contributed by atoms with E-state index in [-0.39, 0.29) is 5.92 Å². The number of hydrogen-bond acceptors (Lipinski definition) is 3. The number of guanidine groups is 1. The van der Waals surface area contributed by atoms with E-state index in [1.54, 1.807) is 7.05 Å². The number of aliphatic imine (C=N–C) groups is 1. The van der Waals surface area contributed by atoms with Crippen molar-refractivity contribution in [1.29, 1.82) is 0 Å². The molecule has 20 heavy (non-hydrogen) atoms. The maximum atomic E-state index is 11.4. The molecule has 1 aliphatic rings. The topological polar surface area (TPSA) is 70.6 Å².